The Balaban J connectivity index is 1.91. The van der Waals surface area contributed by atoms with Gasteiger partial charge in [-0.1, -0.05) is 12.1 Å². The number of aromatic nitrogens is 3. The fraction of sp³-hybridized carbons (Fsp3) is 0. The predicted molar refractivity (Wildman–Crippen MR) is 86.9 cm³/mol. The van der Waals surface area contributed by atoms with Gasteiger partial charge >= 0.3 is 0 Å². The standard InChI is InChI=1S/C17H10N4S/c18-10-13-3-1-2-4-15(13)21-8-7-19-17(21)12-5-6-16-14(9-12)20-11-22-16/h1-9,11H. The zero-order chi connectivity index (χ0) is 14.9. The molecule has 0 aliphatic rings. The highest BCUT2D eigenvalue weighted by molar-refractivity contribution is 7.16. The molecule has 2 aromatic heterocycles. The molecule has 0 radical (unpaired) electrons. The minimum Gasteiger partial charge on any atom is -0.298 e. The molecule has 0 N–H and O–H groups in total. The third kappa shape index (κ3) is 1.98. The molecule has 22 heavy (non-hydrogen) atoms. The first-order valence-electron chi connectivity index (χ1n) is 6.73. The molecule has 0 saturated carbocycles. The minimum atomic E-state index is 0.622. The Morgan fingerprint density at radius 3 is 2.91 bits per heavy atom. The first-order valence-corrected chi connectivity index (χ1v) is 7.61. The van der Waals surface area contributed by atoms with Crippen LogP contribution in [0.5, 0.6) is 0 Å². The predicted octanol–water partition coefficient (Wildman–Crippen LogP) is 4.02. The van der Waals surface area contributed by atoms with E-state index in [4.69, 9.17) is 0 Å². The lowest BCUT2D eigenvalue weighted by Gasteiger charge is -2.09. The van der Waals surface area contributed by atoms with Crippen LogP contribution in [0, 0.1) is 11.3 Å². The number of hydrogen-bond donors (Lipinski definition) is 0. The number of fused-ring (bicyclic) bond motifs is 1. The summed E-state index contributed by atoms with van der Waals surface area (Å²) in [6, 6.07) is 15.9. The third-order valence-electron chi connectivity index (χ3n) is 3.51. The molecule has 0 saturated heterocycles. The number of rotatable bonds is 2. The molecule has 2 heterocycles. The molecule has 0 bridgehead atoms. The van der Waals surface area contributed by atoms with Gasteiger partial charge in [0.15, 0.2) is 0 Å². The van der Waals surface area contributed by atoms with Crippen molar-refractivity contribution in [1.29, 1.82) is 5.26 Å². The van der Waals surface area contributed by atoms with Gasteiger partial charge in [-0.3, -0.25) is 4.57 Å². The van der Waals surface area contributed by atoms with Crippen LogP contribution >= 0.6 is 11.3 Å². The van der Waals surface area contributed by atoms with Gasteiger partial charge in [0.25, 0.3) is 0 Å². The van der Waals surface area contributed by atoms with Crippen molar-refractivity contribution in [2.75, 3.05) is 0 Å². The highest BCUT2D eigenvalue weighted by Gasteiger charge is 2.11. The van der Waals surface area contributed by atoms with E-state index in [1.54, 1.807) is 17.5 Å². The number of imidazole rings is 1. The van der Waals surface area contributed by atoms with Gasteiger partial charge in [-0.2, -0.15) is 5.26 Å². The molecule has 2 aromatic carbocycles. The van der Waals surface area contributed by atoms with E-state index in [1.807, 2.05) is 52.7 Å². The highest BCUT2D eigenvalue weighted by Crippen LogP contribution is 2.27. The lowest BCUT2D eigenvalue weighted by molar-refractivity contribution is 1.06. The second-order valence-corrected chi connectivity index (χ2v) is 5.67. The van der Waals surface area contributed by atoms with E-state index < -0.39 is 0 Å². The van der Waals surface area contributed by atoms with Crippen molar-refractivity contribution in [2.24, 2.45) is 0 Å². The van der Waals surface area contributed by atoms with Crippen molar-refractivity contribution in [2.45, 2.75) is 0 Å². The maximum atomic E-state index is 9.30. The fourth-order valence-electron chi connectivity index (χ4n) is 2.49. The summed E-state index contributed by atoms with van der Waals surface area (Å²) in [5.74, 6) is 0.803. The summed E-state index contributed by atoms with van der Waals surface area (Å²) in [4.78, 5) is 8.81. The Kier molecular flexibility index (Phi) is 2.95. The first kappa shape index (κ1) is 12.7. The molecule has 0 fully saturated rings. The lowest BCUT2D eigenvalue weighted by atomic mass is 10.1. The molecule has 0 atom stereocenters. The van der Waals surface area contributed by atoms with E-state index in [1.165, 1.54) is 0 Å². The smallest absolute Gasteiger partial charge is 0.144 e. The summed E-state index contributed by atoms with van der Waals surface area (Å²) in [6.07, 6.45) is 3.62. The van der Waals surface area contributed by atoms with E-state index in [2.05, 4.69) is 22.1 Å². The molecule has 0 unspecified atom stereocenters. The molecule has 4 aromatic rings. The summed E-state index contributed by atoms with van der Waals surface area (Å²) in [5.41, 5.74) is 5.24. The third-order valence-corrected chi connectivity index (χ3v) is 4.32. The van der Waals surface area contributed by atoms with Crippen LogP contribution < -0.4 is 0 Å². The molecular weight excluding hydrogens is 292 g/mol. The van der Waals surface area contributed by atoms with Crippen molar-refractivity contribution in [3.63, 3.8) is 0 Å². The van der Waals surface area contributed by atoms with Gasteiger partial charge in [0, 0.05) is 18.0 Å². The van der Waals surface area contributed by atoms with Crippen LogP contribution in [0.15, 0.2) is 60.4 Å². The maximum Gasteiger partial charge on any atom is 0.144 e. The number of para-hydroxylation sites is 1. The summed E-state index contributed by atoms with van der Waals surface area (Å²) < 4.78 is 3.09. The van der Waals surface area contributed by atoms with Gasteiger partial charge in [-0.15, -0.1) is 11.3 Å². The van der Waals surface area contributed by atoms with Crippen LogP contribution in [0.2, 0.25) is 0 Å². The van der Waals surface area contributed by atoms with Gasteiger partial charge in [0.1, 0.15) is 11.9 Å². The Morgan fingerprint density at radius 2 is 2.00 bits per heavy atom. The van der Waals surface area contributed by atoms with Gasteiger partial charge in [-0.05, 0) is 30.3 Å². The number of benzene rings is 2. The summed E-state index contributed by atoms with van der Waals surface area (Å²) in [7, 11) is 0. The maximum absolute atomic E-state index is 9.30. The summed E-state index contributed by atoms with van der Waals surface area (Å²) in [5, 5.41) is 9.30. The Bertz CT molecular complexity index is 1010. The van der Waals surface area contributed by atoms with Gasteiger partial charge < -0.3 is 0 Å². The molecule has 0 aliphatic heterocycles. The van der Waals surface area contributed by atoms with Gasteiger partial charge in [0.05, 0.1) is 27.0 Å². The fourth-order valence-corrected chi connectivity index (χ4v) is 3.15. The summed E-state index contributed by atoms with van der Waals surface area (Å²) >= 11 is 1.62. The average molecular weight is 302 g/mol. The molecule has 5 heteroatoms. The second-order valence-electron chi connectivity index (χ2n) is 4.78. The topological polar surface area (TPSA) is 54.5 Å². The molecule has 0 amide bonds. The number of thiazole rings is 1. The number of hydrogen-bond acceptors (Lipinski definition) is 4. The number of nitrogens with zero attached hydrogens (tertiary/aromatic N) is 4. The van der Waals surface area contributed by atoms with E-state index in [-0.39, 0.29) is 0 Å². The van der Waals surface area contributed by atoms with Crippen molar-refractivity contribution in [3.05, 3.63) is 65.9 Å². The van der Waals surface area contributed by atoms with Crippen LogP contribution in [-0.2, 0) is 0 Å². The zero-order valence-electron chi connectivity index (χ0n) is 11.5. The highest BCUT2D eigenvalue weighted by atomic mass is 32.1. The minimum absolute atomic E-state index is 0.622. The van der Waals surface area contributed by atoms with Crippen LogP contribution in [-0.4, -0.2) is 14.5 Å². The van der Waals surface area contributed by atoms with Gasteiger partial charge in [-0.25, -0.2) is 9.97 Å². The average Bonchev–Trinajstić information content (AvgIpc) is 3.22. The van der Waals surface area contributed by atoms with Crippen LogP contribution in [0.3, 0.4) is 0 Å². The van der Waals surface area contributed by atoms with Crippen LogP contribution in [0.1, 0.15) is 5.56 Å². The van der Waals surface area contributed by atoms with E-state index in [0.29, 0.717) is 5.56 Å². The quantitative estimate of drug-likeness (QED) is 0.562. The molecule has 4 rings (SSSR count). The molecule has 104 valence electrons. The molecule has 4 nitrogen and oxygen atoms in total. The van der Waals surface area contributed by atoms with Crippen molar-refractivity contribution < 1.29 is 0 Å². The van der Waals surface area contributed by atoms with Crippen LogP contribution in [0.4, 0.5) is 0 Å². The van der Waals surface area contributed by atoms with Crippen LogP contribution in [0.25, 0.3) is 27.3 Å². The first-order chi connectivity index (χ1) is 10.9. The van der Waals surface area contributed by atoms with Crippen molar-refractivity contribution >= 4 is 21.6 Å². The molecular formula is C17H10N4S. The SMILES string of the molecule is N#Cc1ccccc1-n1ccnc1-c1ccc2scnc2c1. The van der Waals surface area contributed by atoms with Gasteiger partial charge in [0.2, 0.25) is 0 Å². The summed E-state index contributed by atoms with van der Waals surface area (Å²) in [6.45, 7) is 0. The molecule has 0 aliphatic carbocycles. The Labute approximate surface area is 130 Å². The lowest BCUT2D eigenvalue weighted by Crippen LogP contribution is -1.99. The Morgan fingerprint density at radius 1 is 1.09 bits per heavy atom. The van der Waals surface area contributed by atoms with Crippen molar-refractivity contribution in [3.8, 4) is 23.1 Å². The van der Waals surface area contributed by atoms with Crippen molar-refractivity contribution in [1.82, 2.24) is 14.5 Å². The van der Waals surface area contributed by atoms with E-state index in [0.717, 1.165) is 27.3 Å². The Hall–Kier alpha value is -2.97. The second kappa shape index (κ2) is 5.10. The normalized spacial score (nSPS) is 10.7. The largest absolute Gasteiger partial charge is 0.298 e. The molecule has 0 spiro atoms. The zero-order valence-corrected chi connectivity index (χ0v) is 12.3. The number of nitriles is 1. The van der Waals surface area contributed by atoms with E-state index in [9.17, 15) is 5.26 Å². The monoisotopic (exact) mass is 302 g/mol. The van der Waals surface area contributed by atoms with E-state index >= 15 is 0 Å².